The maximum Gasteiger partial charge on any atom is 0.0890 e. The van der Waals surface area contributed by atoms with Crippen LogP contribution in [0.2, 0.25) is 0 Å². The van der Waals surface area contributed by atoms with Crippen LogP contribution in [-0.4, -0.2) is 23.2 Å². The van der Waals surface area contributed by atoms with Crippen molar-refractivity contribution in [2.75, 3.05) is 13.2 Å². The van der Waals surface area contributed by atoms with Crippen LogP contribution in [0.25, 0.3) is 11.0 Å². The first-order valence-corrected chi connectivity index (χ1v) is 10.7. The lowest BCUT2D eigenvalue weighted by Crippen LogP contribution is -1.97. The molecule has 0 atom stereocenters. The lowest BCUT2D eigenvalue weighted by Gasteiger charge is -2.05. The van der Waals surface area contributed by atoms with Crippen molar-refractivity contribution in [3.8, 4) is 0 Å². The van der Waals surface area contributed by atoms with E-state index >= 15 is 0 Å². The highest BCUT2D eigenvalue weighted by Crippen LogP contribution is 2.12. The predicted molar refractivity (Wildman–Crippen MR) is 111 cm³/mol. The predicted octanol–water partition coefficient (Wildman–Crippen LogP) is 6.50. The fourth-order valence-electron chi connectivity index (χ4n) is 3.24. The van der Waals surface area contributed by atoms with Crippen molar-refractivity contribution < 1.29 is 4.74 Å². The van der Waals surface area contributed by atoms with Gasteiger partial charge in [0.25, 0.3) is 0 Å². The van der Waals surface area contributed by atoms with Crippen molar-refractivity contribution in [3.63, 3.8) is 0 Å². The Morgan fingerprint density at radius 3 is 2.08 bits per heavy atom. The van der Waals surface area contributed by atoms with E-state index in [-0.39, 0.29) is 0 Å². The number of unbranched alkanes of at least 4 members (excludes halogenated alkanes) is 9. The molecule has 0 fully saturated rings. The second kappa shape index (κ2) is 13.7. The van der Waals surface area contributed by atoms with E-state index in [0.717, 1.165) is 36.4 Å². The third-order valence-electron chi connectivity index (χ3n) is 4.86. The van der Waals surface area contributed by atoms with Gasteiger partial charge in [0.05, 0.1) is 16.7 Å². The first-order chi connectivity index (χ1) is 12.9. The van der Waals surface area contributed by atoms with Gasteiger partial charge in [0, 0.05) is 19.4 Å². The summed E-state index contributed by atoms with van der Waals surface area (Å²) in [5, 5.41) is 0. The minimum atomic E-state index is 0.951. The number of nitrogens with zero attached hydrogens (tertiary/aromatic N) is 2. The van der Waals surface area contributed by atoms with Gasteiger partial charge in [0.15, 0.2) is 0 Å². The summed E-state index contributed by atoms with van der Waals surface area (Å²) in [7, 11) is 0. The first-order valence-electron chi connectivity index (χ1n) is 10.7. The van der Waals surface area contributed by atoms with Crippen molar-refractivity contribution in [2.45, 2.75) is 84.0 Å². The summed E-state index contributed by atoms with van der Waals surface area (Å²) in [4.78, 5) is 9.19. The normalized spacial score (nSPS) is 11.3. The monoisotopic (exact) mass is 356 g/mol. The molecular formula is C23H36N2O. The second-order valence-corrected chi connectivity index (χ2v) is 7.25. The Labute approximate surface area is 159 Å². The van der Waals surface area contributed by atoms with Crippen LogP contribution in [0.4, 0.5) is 0 Å². The Morgan fingerprint density at radius 2 is 1.35 bits per heavy atom. The van der Waals surface area contributed by atoms with Crippen molar-refractivity contribution in [1.82, 2.24) is 9.97 Å². The van der Waals surface area contributed by atoms with Gasteiger partial charge in [0.1, 0.15) is 0 Å². The molecule has 2 rings (SSSR count). The van der Waals surface area contributed by atoms with Gasteiger partial charge in [-0.05, 0) is 37.8 Å². The molecule has 0 aliphatic rings. The largest absolute Gasteiger partial charge is 0.381 e. The zero-order chi connectivity index (χ0) is 18.3. The third kappa shape index (κ3) is 8.75. The van der Waals surface area contributed by atoms with E-state index in [9.17, 15) is 0 Å². The molecule has 3 heteroatoms. The van der Waals surface area contributed by atoms with E-state index in [0.29, 0.717) is 0 Å². The highest BCUT2D eigenvalue weighted by molar-refractivity contribution is 5.73. The number of hydrogen-bond acceptors (Lipinski definition) is 3. The van der Waals surface area contributed by atoms with E-state index in [2.05, 4.69) is 11.9 Å². The highest BCUT2D eigenvalue weighted by atomic mass is 16.5. The van der Waals surface area contributed by atoms with Crippen LogP contribution in [-0.2, 0) is 11.2 Å². The van der Waals surface area contributed by atoms with Crippen molar-refractivity contribution in [2.24, 2.45) is 0 Å². The van der Waals surface area contributed by atoms with Gasteiger partial charge >= 0.3 is 0 Å². The minimum Gasteiger partial charge on any atom is -0.381 e. The average Bonchev–Trinajstić information content (AvgIpc) is 2.68. The van der Waals surface area contributed by atoms with Crippen LogP contribution in [0.15, 0.2) is 30.5 Å². The molecule has 0 bridgehead atoms. The number of aromatic nitrogens is 2. The Bertz CT molecular complexity index is 600. The van der Waals surface area contributed by atoms with Crippen molar-refractivity contribution in [3.05, 3.63) is 36.2 Å². The quantitative estimate of drug-likeness (QED) is 0.342. The molecule has 144 valence electrons. The zero-order valence-electron chi connectivity index (χ0n) is 16.6. The summed E-state index contributed by atoms with van der Waals surface area (Å²) in [5.74, 6) is 0. The molecule has 0 saturated heterocycles. The number of para-hydroxylation sites is 2. The van der Waals surface area contributed by atoms with Crippen LogP contribution in [0.1, 0.15) is 83.2 Å². The second-order valence-electron chi connectivity index (χ2n) is 7.25. The molecule has 0 unspecified atom stereocenters. The zero-order valence-corrected chi connectivity index (χ0v) is 16.6. The van der Waals surface area contributed by atoms with E-state index < -0.39 is 0 Å². The van der Waals surface area contributed by atoms with E-state index in [4.69, 9.17) is 9.72 Å². The highest BCUT2D eigenvalue weighted by Gasteiger charge is 2.00. The molecule has 0 aliphatic heterocycles. The lowest BCUT2D eigenvalue weighted by atomic mass is 10.1. The SMILES string of the molecule is CCCCCCOCCCCCCCCCc1cnc2ccccc2n1. The Kier molecular flexibility index (Phi) is 11.0. The Balaban J connectivity index is 1.40. The number of fused-ring (bicyclic) bond motifs is 1. The van der Waals surface area contributed by atoms with Crippen molar-refractivity contribution >= 4 is 11.0 Å². The van der Waals surface area contributed by atoms with Gasteiger partial charge in [-0.1, -0.05) is 70.4 Å². The van der Waals surface area contributed by atoms with Gasteiger partial charge in [-0.2, -0.15) is 0 Å². The van der Waals surface area contributed by atoms with Crippen LogP contribution in [0, 0.1) is 0 Å². The van der Waals surface area contributed by atoms with E-state index in [1.54, 1.807) is 0 Å². The Hall–Kier alpha value is -1.48. The molecule has 1 aromatic heterocycles. The number of benzene rings is 1. The number of ether oxygens (including phenoxy) is 1. The summed E-state index contributed by atoms with van der Waals surface area (Å²) in [6.07, 6.45) is 17.2. The summed E-state index contributed by atoms with van der Waals surface area (Å²) in [6.45, 7) is 4.16. The molecule has 2 aromatic rings. The number of rotatable bonds is 15. The van der Waals surface area contributed by atoms with Gasteiger partial charge in [-0.3, -0.25) is 4.98 Å². The Morgan fingerprint density at radius 1 is 0.731 bits per heavy atom. The summed E-state index contributed by atoms with van der Waals surface area (Å²) in [5.41, 5.74) is 3.12. The van der Waals surface area contributed by atoms with Gasteiger partial charge in [-0.25, -0.2) is 4.98 Å². The van der Waals surface area contributed by atoms with Gasteiger partial charge in [-0.15, -0.1) is 0 Å². The van der Waals surface area contributed by atoms with Crippen LogP contribution >= 0.6 is 0 Å². The molecule has 3 nitrogen and oxygen atoms in total. The standard InChI is InChI=1S/C23H36N2O/c1-2-3-4-13-18-26-19-14-9-7-5-6-8-10-15-21-20-24-22-16-11-12-17-23(22)25-21/h11-12,16-17,20H,2-10,13-15,18-19H2,1H3. The third-order valence-corrected chi connectivity index (χ3v) is 4.86. The smallest absolute Gasteiger partial charge is 0.0890 e. The molecule has 0 N–H and O–H groups in total. The van der Waals surface area contributed by atoms with E-state index in [1.165, 1.54) is 70.6 Å². The van der Waals surface area contributed by atoms with Crippen LogP contribution in [0.3, 0.4) is 0 Å². The van der Waals surface area contributed by atoms with Crippen molar-refractivity contribution in [1.29, 1.82) is 0 Å². The molecule has 0 saturated carbocycles. The van der Waals surface area contributed by atoms with E-state index in [1.807, 2.05) is 30.5 Å². The number of aryl methyl sites for hydroxylation is 1. The molecule has 0 aliphatic carbocycles. The average molecular weight is 357 g/mol. The summed E-state index contributed by atoms with van der Waals surface area (Å²) >= 11 is 0. The molecule has 1 heterocycles. The number of hydrogen-bond donors (Lipinski definition) is 0. The fourth-order valence-corrected chi connectivity index (χ4v) is 3.24. The minimum absolute atomic E-state index is 0.951. The maximum atomic E-state index is 5.69. The molecule has 0 radical (unpaired) electrons. The van der Waals surface area contributed by atoms with Crippen LogP contribution in [0.5, 0.6) is 0 Å². The van der Waals surface area contributed by atoms with Crippen LogP contribution < -0.4 is 0 Å². The summed E-state index contributed by atoms with van der Waals surface area (Å²) < 4.78 is 5.69. The van der Waals surface area contributed by atoms with Gasteiger partial charge < -0.3 is 4.74 Å². The molecule has 0 amide bonds. The molecule has 26 heavy (non-hydrogen) atoms. The maximum absolute atomic E-state index is 5.69. The molecule has 1 aromatic carbocycles. The molecule has 0 spiro atoms. The first kappa shape index (κ1) is 20.8. The topological polar surface area (TPSA) is 35.0 Å². The molecular weight excluding hydrogens is 320 g/mol. The fraction of sp³-hybridized carbons (Fsp3) is 0.652. The lowest BCUT2D eigenvalue weighted by molar-refractivity contribution is 0.125. The van der Waals surface area contributed by atoms with Gasteiger partial charge in [0.2, 0.25) is 0 Å². The summed E-state index contributed by atoms with van der Waals surface area (Å²) in [6, 6.07) is 8.10.